The number of benzene rings is 1. The predicted molar refractivity (Wildman–Crippen MR) is 66.3 cm³/mol. The second-order valence-electron chi connectivity index (χ2n) is 3.87. The first-order valence-electron chi connectivity index (χ1n) is 5.01. The summed E-state index contributed by atoms with van der Waals surface area (Å²) in [4.78, 5) is 35.5. The fourth-order valence-corrected chi connectivity index (χ4v) is 1.71. The van der Waals surface area contributed by atoms with Gasteiger partial charge in [0.25, 0.3) is 11.8 Å². The maximum atomic E-state index is 11.5. The van der Waals surface area contributed by atoms with E-state index in [0.717, 1.165) is 0 Å². The Bertz CT molecular complexity index is 537. The third-order valence-electron chi connectivity index (χ3n) is 2.40. The molecular formula is C11H14N4O3. The number of amides is 3. The van der Waals surface area contributed by atoms with Crippen molar-refractivity contribution in [3.63, 3.8) is 0 Å². The van der Waals surface area contributed by atoms with E-state index < -0.39 is 17.7 Å². The molecule has 0 atom stereocenters. The zero-order valence-corrected chi connectivity index (χ0v) is 10.1. The minimum atomic E-state index is -0.851. The molecule has 0 heterocycles. The molecule has 7 heteroatoms. The Labute approximate surface area is 104 Å². The molecule has 0 saturated carbocycles. The quantitative estimate of drug-likeness (QED) is 0.635. The van der Waals surface area contributed by atoms with E-state index in [1.165, 1.54) is 17.0 Å². The highest BCUT2D eigenvalue weighted by atomic mass is 16.2. The standard InChI is InChI=1S/C11H14N4O3/c1-15(2)8-6(10(13)17)4-3-5(9(12)16)7(8)11(14)18/h3-4H,1-2H3,(H2,12,16)(H2,13,17)(H2,14,18). The topological polar surface area (TPSA) is 133 Å². The summed E-state index contributed by atoms with van der Waals surface area (Å²) in [6.45, 7) is 0. The summed E-state index contributed by atoms with van der Waals surface area (Å²) >= 11 is 0. The van der Waals surface area contributed by atoms with Crippen LogP contribution in [-0.4, -0.2) is 31.8 Å². The van der Waals surface area contributed by atoms with Crippen molar-refractivity contribution in [3.8, 4) is 0 Å². The lowest BCUT2D eigenvalue weighted by atomic mass is 9.98. The van der Waals surface area contributed by atoms with Gasteiger partial charge in [-0.1, -0.05) is 0 Å². The molecule has 0 aliphatic carbocycles. The van der Waals surface area contributed by atoms with E-state index in [4.69, 9.17) is 17.2 Å². The van der Waals surface area contributed by atoms with E-state index in [1.54, 1.807) is 14.1 Å². The first-order chi connectivity index (χ1) is 8.27. The number of primary amides is 3. The van der Waals surface area contributed by atoms with Crippen LogP contribution < -0.4 is 22.1 Å². The third kappa shape index (κ3) is 2.24. The maximum Gasteiger partial charge on any atom is 0.251 e. The molecule has 6 N–H and O–H groups in total. The van der Waals surface area contributed by atoms with Gasteiger partial charge in [0.15, 0.2) is 0 Å². The molecule has 7 nitrogen and oxygen atoms in total. The molecule has 0 unspecified atom stereocenters. The van der Waals surface area contributed by atoms with E-state index in [9.17, 15) is 14.4 Å². The van der Waals surface area contributed by atoms with E-state index in [-0.39, 0.29) is 22.4 Å². The number of nitrogens with two attached hydrogens (primary N) is 3. The van der Waals surface area contributed by atoms with Crippen LogP contribution in [0, 0.1) is 0 Å². The van der Waals surface area contributed by atoms with Crippen LogP contribution in [0.5, 0.6) is 0 Å². The molecule has 0 saturated heterocycles. The Morgan fingerprint density at radius 3 is 1.67 bits per heavy atom. The van der Waals surface area contributed by atoms with Crippen LogP contribution in [-0.2, 0) is 0 Å². The van der Waals surface area contributed by atoms with Crippen molar-refractivity contribution in [2.75, 3.05) is 19.0 Å². The van der Waals surface area contributed by atoms with Crippen molar-refractivity contribution in [3.05, 3.63) is 28.8 Å². The number of anilines is 1. The summed E-state index contributed by atoms with van der Waals surface area (Å²) in [7, 11) is 3.19. The molecule has 0 fully saturated rings. The van der Waals surface area contributed by atoms with Gasteiger partial charge in [-0.15, -0.1) is 0 Å². The normalized spacial score (nSPS) is 9.89. The number of rotatable bonds is 4. The van der Waals surface area contributed by atoms with Gasteiger partial charge in [0.05, 0.1) is 22.4 Å². The zero-order valence-electron chi connectivity index (χ0n) is 10.1. The zero-order chi connectivity index (χ0) is 14.0. The summed E-state index contributed by atoms with van der Waals surface area (Å²) in [6.07, 6.45) is 0. The van der Waals surface area contributed by atoms with E-state index >= 15 is 0 Å². The number of carbonyl (C=O) groups excluding carboxylic acids is 3. The molecule has 1 rings (SSSR count). The lowest BCUT2D eigenvalue weighted by molar-refractivity contribution is 0.0966. The summed E-state index contributed by atoms with van der Waals surface area (Å²) in [5.74, 6) is -2.38. The van der Waals surface area contributed by atoms with Crippen molar-refractivity contribution in [2.45, 2.75) is 0 Å². The molecule has 1 aromatic carbocycles. The molecule has 0 radical (unpaired) electrons. The SMILES string of the molecule is CN(C)c1c(C(N)=O)ccc(C(N)=O)c1C(N)=O. The average molecular weight is 250 g/mol. The highest BCUT2D eigenvalue weighted by Crippen LogP contribution is 2.26. The molecule has 96 valence electrons. The van der Waals surface area contributed by atoms with Gasteiger partial charge in [-0.05, 0) is 12.1 Å². The molecular weight excluding hydrogens is 236 g/mol. The Hall–Kier alpha value is -2.57. The Balaban J connectivity index is 3.76. The van der Waals surface area contributed by atoms with Crippen molar-refractivity contribution in [1.29, 1.82) is 0 Å². The average Bonchev–Trinajstić information content (AvgIpc) is 2.26. The number of hydrogen-bond acceptors (Lipinski definition) is 4. The first kappa shape index (κ1) is 13.5. The smallest absolute Gasteiger partial charge is 0.251 e. The van der Waals surface area contributed by atoms with Gasteiger partial charge in [-0.3, -0.25) is 14.4 Å². The largest absolute Gasteiger partial charge is 0.376 e. The highest BCUT2D eigenvalue weighted by Gasteiger charge is 2.23. The molecule has 3 amide bonds. The highest BCUT2D eigenvalue weighted by molar-refractivity contribution is 6.13. The molecule has 1 aromatic rings. The minimum absolute atomic E-state index is 0.0452. The third-order valence-corrected chi connectivity index (χ3v) is 2.40. The van der Waals surface area contributed by atoms with Crippen LogP contribution in [0.25, 0.3) is 0 Å². The van der Waals surface area contributed by atoms with Crippen molar-refractivity contribution in [1.82, 2.24) is 0 Å². The van der Waals surface area contributed by atoms with E-state index in [1.807, 2.05) is 0 Å². The van der Waals surface area contributed by atoms with Crippen LogP contribution in [0.1, 0.15) is 31.1 Å². The fraction of sp³-hybridized carbons (Fsp3) is 0.182. The van der Waals surface area contributed by atoms with Crippen LogP contribution in [0.4, 0.5) is 5.69 Å². The molecule has 18 heavy (non-hydrogen) atoms. The van der Waals surface area contributed by atoms with Crippen molar-refractivity contribution >= 4 is 23.4 Å². The lowest BCUT2D eigenvalue weighted by Gasteiger charge is -2.20. The van der Waals surface area contributed by atoms with Gasteiger partial charge < -0.3 is 22.1 Å². The number of nitrogens with zero attached hydrogens (tertiary/aromatic N) is 1. The maximum absolute atomic E-state index is 11.5. The Morgan fingerprint density at radius 1 is 0.889 bits per heavy atom. The van der Waals surface area contributed by atoms with Crippen LogP contribution in [0.15, 0.2) is 12.1 Å². The number of carbonyl (C=O) groups is 3. The monoisotopic (exact) mass is 250 g/mol. The van der Waals surface area contributed by atoms with Gasteiger partial charge in [-0.2, -0.15) is 0 Å². The summed E-state index contributed by atoms with van der Waals surface area (Å²) in [6, 6.07) is 2.60. The minimum Gasteiger partial charge on any atom is -0.376 e. The van der Waals surface area contributed by atoms with Crippen LogP contribution in [0.3, 0.4) is 0 Å². The van der Waals surface area contributed by atoms with Gasteiger partial charge in [0.2, 0.25) is 5.91 Å². The molecule has 0 aliphatic rings. The van der Waals surface area contributed by atoms with Gasteiger partial charge >= 0.3 is 0 Å². The van der Waals surface area contributed by atoms with Crippen molar-refractivity contribution < 1.29 is 14.4 Å². The summed E-state index contributed by atoms with van der Waals surface area (Å²) in [5, 5.41) is 0. The lowest BCUT2D eigenvalue weighted by Crippen LogP contribution is -2.27. The van der Waals surface area contributed by atoms with Gasteiger partial charge in [0.1, 0.15) is 0 Å². The Morgan fingerprint density at radius 2 is 1.33 bits per heavy atom. The first-order valence-corrected chi connectivity index (χ1v) is 5.01. The molecule has 0 spiro atoms. The predicted octanol–water partition coefficient (Wildman–Crippen LogP) is -0.951. The van der Waals surface area contributed by atoms with E-state index in [2.05, 4.69) is 0 Å². The second kappa shape index (κ2) is 4.74. The van der Waals surface area contributed by atoms with Crippen LogP contribution >= 0.6 is 0 Å². The van der Waals surface area contributed by atoms with Crippen LogP contribution in [0.2, 0.25) is 0 Å². The molecule has 0 bridgehead atoms. The van der Waals surface area contributed by atoms with E-state index in [0.29, 0.717) is 0 Å². The second-order valence-corrected chi connectivity index (χ2v) is 3.87. The van der Waals surface area contributed by atoms with Gasteiger partial charge in [0, 0.05) is 14.1 Å². The summed E-state index contributed by atoms with van der Waals surface area (Å²) in [5.41, 5.74) is 15.7. The molecule has 0 aliphatic heterocycles. The number of hydrogen-bond donors (Lipinski definition) is 3. The Kier molecular flexibility index (Phi) is 3.55. The van der Waals surface area contributed by atoms with Crippen molar-refractivity contribution in [2.24, 2.45) is 17.2 Å². The molecule has 0 aromatic heterocycles. The summed E-state index contributed by atoms with van der Waals surface area (Å²) < 4.78 is 0. The van der Waals surface area contributed by atoms with Gasteiger partial charge in [-0.25, -0.2) is 0 Å². The fourth-order valence-electron chi connectivity index (χ4n) is 1.71.